The number of nitrogens with one attached hydrogen (secondary N) is 2. The Balaban J connectivity index is 1.60. The second kappa shape index (κ2) is 5.40. The number of amides is 2. The third-order valence-corrected chi connectivity index (χ3v) is 3.58. The molecule has 2 aliphatic rings. The molecular formula is C14H16N2O4. The summed E-state index contributed by atoms with van der Waals surface area (Å²) in [6.07, 6.45) is 2.87. The molecule has 0 unspecified atom stereocenters. The number of ether oxygens (including phenoxy) is 2. The van der Waals surface area contributed by atoms with Gasteiger partial charge in [-0.25, -0.2) is 0 Å². The Morgan fingerprint density at radius 1 is 1.05 bits per heavy atom. The number of benzene rings is 1. The molecule has 0 bridgehead atoms. The molecule has 1 saturated carbocycles. The Bertz CT molecular complexity index is 540. The highest BCUT2D eigenvalue weighted by molar-refractivity contribution is 5.96. The van der Waals surface area contributed by atoms with Gasteiger partial charge >= 0.3 is 0 Å². The number of carbonyl (C=O) groups is 2. The van der Waals surface area contributed by atoms with Crippen LogP contribution in [0.1, 0.15) is 29.6 Å². The number of hydrogen-bond donors (Lipinski definition) is 2. The first-order valence-electron chi connectivity index (χ1n) is 6.74. The fraction of sp³-hybridized carbons (Fsp3) is 0.429. The Morgan fingerprint density at radius 2 is 1.80 bits per heavy atom. The van der Waals surface area contributed by atoms with Crippen LogP contribution in [0.3, 0.4) is 0 Å². The molecule has 2 amide bonds. The molecule has 0 spiro atoms. The predicted molar refractivity (Wildman–Crippen MR) is 70.4 cm³/mol. The SMILES string of the molecule is O=C(NNC(=O)C1CCC1)c1ccc2c(c1)OCCO2. The van der Waals surface area contributed by atoms with Gasteiger partial charge in [0.1, 0.15) is 13.2 Å². The first kappa shape index (κ1) is 12.8. The smallest absolute Gasteiger partial charge is 0.269 e. The van der Waals surface area contributed by atoms with Crippen molar-refractivity contribution in [2.45, 2.75) is 19.3 Å². The van der Waals surface area contributed by atoms with Crippen LogP contribution in [-0.4, -0.2) is 25.0 Å². The topological polar surface area (TPSA) is 76.7 Å². The standard InChI is InChI=1S/C14H16N2O4/c17-13(9-2-1-3-9)15-16-14(18)10-4-5-11-12(8-10)20-7-6-19-11/h4-5,8-9H,1-3,6-7H2,(H,15,17)(H,16,18). The highest BCUT2D eigenvalue weighted by atomic mass is 16.6. The van der Waals surface area contributed by atoms with Crippen molar-refractivity contribution in [3.8, 4) is 11.5 Å². The van der Waals surface area contributed by atoms with Gasteiger partial charge < -0.3 is 9.47 Å². The van der Waals surface area contributed by atoms with Crippen LogP contribution < -0.4 is 20.3 Å². The first-order valence-corrected chi connectivity index (χ1v) is 6.74. The molecule has 1 aromatic carbocycles. The van der Waals surface area contributed by atoms with Crippen LogP contribution >= 0.6 is 0 Å². The normalized spacial score (nSPS) is 17.0. The third-order valence-electron chi connectivity index (χ3n) is 3.58. The van der Waals surface area contributed by atoms with Crippen LogP contribution in [0, 0.1) is 5.92 Å². The summed E-state index contributed by atoms with van der Waals surface area (Å²) in [7, 11) is 0. The Kier molecular flexibility index (Phi) is 3.45. The van der Waals surface area contributed by atoms with Crippen LogP contribution in [0.25, 0.3) is 0 Å². The summed E-state index contributed by atoms with van der Waals surface area (Å²) < 4.78 is 10.8. The van der Waals surface area contributed by atoms with E-state index in [1.54, 1.807) is 18.2 Å². The van der Waals surface area contributed by atoms with Gasteiger partial charge in [-0.2, -0.15) is 0 Å². The summed E-state index contributed by atoms with van der Waals surface area (Å²) >= 11 is 0. The van der Waals surface area contributed by atoms with Crippen LogP contribution in [0.5, 0.6) is 11.5 Å². The lowest BCUT2D eigenvalue weighted by Gasteiger charge is -2.24. The first-order chi connectivity index (χ1) is 9.74. The Hall–Kier alpha value is -2.24. The molecule has 106 valence electrons. The lowest BCUT2D eigenvalue weighted by Crippen LogP contribution is -2.46. The number of fused-ring (bicyclic) bond motifs is 1. The fourth-order valence-corrected chi connectivity index (χ4v) is 2.15. The molecule has 1 aromatic rings. The molecule has 2 N–H and O–H groups in total. The van der Waals surface area contributed by atoms with E-state index in [4.69, 9.17) is 9.47 Å². The van der Waals surface area contributed by atoms with Gasteiger partial charge in [-0.3, -0.25) is 20.4 Å². The van der Waals surface area contributed by atoms with Crippen molar-refractivity contribution in [2.75, 3.05) is 13.2 Å². The van der Waals surface area contributed by atoms with E-state index in [9.17, 15) is 9.59 Å². The van der Waals surface area contributed by atoms with Crippen LogP contribution in [-0.2, 0) is 4.79 Å². The maximum absolute atomic E-state index is 11.9. The maximum atomic E-state index is 11.9. The van der Waals surface area contributed by atoms with Gasteiger partial charge in [0.2, 0.25) is 5.91 Å². The second-order valence-corrected chi connectivity index (χ2v) is 4.93. The number of hydrogen-bond acceptors (Lipinski definition) is 4. The molecule has 6 heteroatoms. The summed E-state index contributed by atoms with van der Waals surface area (Å²) in [6.45, 7) is 0.979. The van der Waals surface area contributed by atoms with Gasteiger partial charge in [0, 0.05) is 11.5 Å². The monoisotopic (exact) mass is 276 g/mol. The van der Waals surface area contributed by atoms with E-state index < -0.39 is 0 Å². The Morgan fingerprint density at radius 3 is 2.50 bits per heavy atom. The van der Waals surface area contributed by atoms with Crippen LogP contribution in [0.2, 0.25) is 0 Å². The summed E-state index contributed by atoms with van der Waals surface area (Å²) in [5.41, 5.74) is 5.29. The minimum absolute atomic E-state index is 0.0376. The summed E-state index contributed by atoms with van der Waals surface area (Å²) in [5.74, 6) is 0.730. The largest absolute Gasteiger partial charge is 0.486 e. The molecule has 1 aliphatic carbocycles. The molecule has 0 atom stereocenters. The number of rotatable bonds is 2. The van der Waals surface area contributed by atoms with Crippen molar-refractivity contribution in [2.24, 2.45) is 5.92 Å². The molecule has 1 fully saturated rings. The van der Waals surface area contributed by atoms with E-state index in [1.165, 1.54) is 0 Å². The Labute approximate surface area is 116 Å². The van der Waals surface area contributed by atoms with Gasteiger partial charge in [-0.1, -0.05) is 6.42 Å². The van der Waals surface area contributed by atoms with Crippen molar-refractivity contribution in [1.82, 2.24) is 10.9 Å². The van der Waals surface area contributed by atoms with Crippen molar-refractivity contribution in [3.63, 3.8) is 0 Å². The molecular weight excluding hydrogens is 260 g/mol. The lowest BCUT2D eigenvalue weighted by molar-refractivity contribution is -0.128. The van der Waals surface area contributed by atoms with Gasteiger partial charge in [0.05, 0.1) is 0 Å². The van der Waals surface area contributed by atoms with Crippen LogP contribution in [0.15, 0.2) is 18.2 Å². The van der Waals surface area contributed by atoms with Gasteiger partial charge in [0.25, 0.3) is 5.91 Å². The fourth-order valence-electron chi connectivity index (χ4n) is 2.15. The zero-order valence-electron chi connectivity index (χ0n) is 11.0. The van der Waals surface area contributed by atoms with E-state index >= 15 is 0 Å². The quantitative estimate of drug-likeness (QED) is 0.791. The van der Waals surface area contributed by atoms with Crippen molar-refractivity contribution in [1.29, 1.82) is 0 Å². The van der Waals surface area contributed by atoms with Crippen molar-refractivity contribution >= 4 is 11.8 Å². The molecule has 6 nitrogen and oxygen atoms in total. The van der Waals surface area contributed by atoms with E-state index in [0.29, 0.717) is 30.3 Å². The molecule has 1 heterocycles. The zero-order chi connectivity index (χ0) is 13.9. The highest BCUT2D eigenvalue weighted by Crippen LogP contribution is 2.30. The van der Waals surface area contributed by atoms with E-state index in [-0.39, 0.29) is 17.7 Å². The van der Waals surface area contributed by atoms with Crippen LogP contribution in [0.4, 0.5) is 0 Å². The maximum Gasteiger partial charge on any atom is 0.269 e. The average molecular weight is 276 g/mol. The summed E-state index contributed by atoms with van der Waals surface area (Å²) in [5, 5.41) is 0. The van der Waals surface area contributed by atoms with E-state index in [0.717, 1.165) is 19.3 Å². The molecule has 3 rings (SSSR count). The van der Waals surface area contributed by atoms with Gasteiger partial charge in [-0.15, -0.1) is 0 Å². The molecule has 0 radical (unpaired) electrons. The average Bonchev–Trinajstić information content (AvgIpc) is 2.42. The minimum atomic E-state index is -0.366. The van der Waals surface area contributed by atoms with E-state index in [1.807, 2.05) is 0 Å². The summed E-state index contributed by atoms with van der Waals surface area (Å²) in [4.78, 5) is 23.6. The lowest BCUT2D eigenvalue weighted by atomic mass is 9.85. The molecule has 1 aliphatic heterocycles. The summed E-state index contributed by atoms with van der Waals surface area (Å²) in [6, 6.07) is 4.94. The van der Waals surface area contributed by atoms with E-state index in [2.05, 4.69) is 10.9 Å². The predicted octanol–water partition coefficient (Wildman–Crippen LogP) is 1.02. The van der Waals surface area contributed by atoms with Crippen molar-refractivity contribution in [3.05, 3.63) is 23.8 Å². The molecule has 0 saturated heterocycles. The van der Waals surface area contributed by atoms with Gasteiger partial charge in [0.15, 0.2) is 11.5 Å². The minimum Gasteiger partial charge on any atom is -0.486 e. The molecule has 0 aromatic heterocycles. The third kappa shape index (κ3) is 2.54. The number of hydrazine groups is 1. The highest BCUT2D eigenvalue weighted by Gasteiger charge is 2.25. The molecule has 20 heavy (non-hydrogen) atoms. The van der Waals surface area contributed by atoms with Gasteiger partial charge in [-0.05, 0) is 31.0 Å². The van der Waals surface area contributed by atoms with Crippen molar-refractivity contribution < 1.29 is 19.1 Å². The second-order valence-electron chi connectivity index (χ2n) is 4.93. The zero-order valence-corrected chi connectivity index (χ0v) is 11.0. The number of carbonyl (C=O) groups excluding carboxylic acids is 2.